The maximum Gasteiger partial charge on any atom is 0.320 e. The minimum atomic E-state index is -1.77. The Balaban J connectivity index is 2.54. The van der Waals surface area contributed by atoms with E-state index in [9.17, 15) is 4.79 Å². The molecule has 1 aliphatic heterocycles. The van der Waals surface area contributed by atoms with Gasteiger partial charge >= 0.3 is 5.97 Å². The maximum atomic E-state index is 10.8. The van der Waals surface area contributed by atoms with Gasteiger partial charge in [-0.1, -0.05) is 20.8 Å². The van der Waals surface area contributed by atoms with Crippen LogP contribution in [0.15, 0.2) is 0 Å². The number of rotatable bonds is 3. The molecular formula is C11H23NO3Si. The third kappa shape index (κ3) is 3.05. The molecule has 1 heterocycles. The Morgan fingerprint density at radius 3 is 2.38 bits per heavy atom. The van der Waals surface area contributed by atoms with Gasteiger partial charge in [0.25, 0.3) is 0 Å². The Labute approximate surface area is 98.5 Å². The van der Waals surface area contributed by atoms with Gasteiger partial charge in [-0.2, -0.15) is 0 Å². The quantitative estimate of drug-likeness (QED) is 0.745. The molecule has 94 valence electrons. The van der Waals surface area contributed by atoms with Gasteiger partial charge in [-0.25, -0.2) is 0 Å². The van der Waals surface area contributed by atoms with Crippen molar-refractivity contribution in [1.82, 2.24) is 5.32 Å². The van der Waals surface area contributed by atoms with Crippen molar-refractivity contribution in [1.29, 1.82) is 0 Å². The molecule has 0 saturated carbocycles. The molecule has 4 nitrogen and oxygen atoms in total. The molecule has 2 unspecified atom stereocenters. The fourth-order valence-electron chi connectivity index (χ4n) is 1.57. The number of nitrogens with one attached hydrogen (secondary N) is 1. The van der Waals surface area contributed by atoms with Gasteiger partial charge in [0.1, 0.15) is 6.04 Å². The van der Waals surface area contributed by atoms with Crippen LogP contribution >= 0.6 is 0 Å². The van der Waals surface area contributed by atoms with Crippen molar-refractivity contribution in [2.45, 2.75) is 57.5 Å². The second kappa shape index (κ2) is 4.47. The molecule has 0 aromatic carbocycles. The molecule has 0 radical (unpaired) electrons. The van der Waals surface area contributed by atoms with Crippen molar-refractivity contribution in [2.75, 3.05) is 6.54 Å². The Morgan fingerprint density at radius 1 is 1.44 bits per heavy atom. The van der Waals surface area contributed by atoms with E-state index in [4.69, 9.17) is 9.53 Å². The summed E-state index contributed by atoms with van der Waals surface area (Å²) in [5, 5.41) is 12.0. The van der Waals surface area contributed by atoms with Gasteiger partial charge < -0.3 is 14.8 Å². The third-order valence-electron chi connectivity index (χ3n) is 3.66. The minimum absolute atomic E-state index is 0.0574. The van der Waals surface area contributed by atoms with Gasteiger partial charge in [0.15, 0.2) is 8.32 Å². The normalized spacial score (nSPS) is 27.1. The van der Waals surface area contributed by atoms with E-state index in [-0.39, 0.29) is 11.1 Å². The molecule has 0 spiro atoms. The molecule has 0 bridgehead atoms. The van der Waals surface area contributed by atoms with Crippen LogP contribution in [0.25, 0.3) is 0 Å². The summed E-state index contributed by atoms with van der Waals surface area (Å²) in [5.41, 5.74) is 0. The lowest BCUT2D eigenvalue weighted by Gasteiger charge is -2.38. The van der Waals surface area contributed by atoms with Crippen molar-refractivity contribution >= 4 is 14.3 Å². The van der Waals surface area contributed by atoms with Crippen LogP contribution < -0.4 is 5.32 Å². The monoisotopic (exact) mass is 245 g/mol. The summed E-state index contributed by atoms with van der Waals surface area (Å²) in [6.07, 6.45) is 0.643. The lowest BCUT2D eigenvalue weighted by atomic mass is 10.2. The second-order valence-electron chi connectivity index (χ2n) is 6.03. The van der Waals surface area contributed by atoms with Gasteiger partial charge in [0.2, 0.25) is 0 Å². The van der Waals surface area contributed by atoms with E-state index in [0.29, 0.717) is 13.0 Å². The van der Waals surface area contributed by atoms with Crippen LogP contribution in [0, 0.1) is 0 Å². The first-order chi connectivity index (χ1) is 7.13. The van der Waals surface area contributed by atoms with Gasteiger partial charge in [0, 0.05) is 6.54 Å². The Morgan fingerprint density at radius 2 is 2.00 bits per heavy atom. The Kier molecular flexibility index (Phi) is 3.82. The molecule has 2 N–H and O–H groups in total. The smallest absolute Gasteiger partial charge is 0.320 e. The molecule has 0 aromatic rings. The molecule has 0 aromatic heterocycles. The second-order valence-corrected chi connectivity index (χ2v) is 10.8. The highest BCUT2D eigenvalue weighted by molar-refractivity contribution is 6.74. The van der Waals surface area contributed by atoms with Crippen LogP contribution in [0.5, 0.6) is 0 Å². The highest BCUT2D eigenvalue weighted by Gasteiger charge is 2.41. The number of carboxylic acids is 1. The number of aliphatic carboxylic acids is 1. The first-order valence-electron chi connectivity index (χ1n) is 5.77. The molecule has 1 aliphatic rings. The van der Waals surface area contributed by atoms with E-state index in [1.54, 1.807) is 0 Å². The van der Waals surface area contributed by atoms with Crippen LogP contribution in [0.1, 0.15) is 27.2 Å². The third-order valence-corrected chi connectivity index (χ3v) is 8.19. The number of carboxylic acid groups (broad SMARTS) is 1. The van der Waals surface area contributed by atoms with Gasteiger partial charge in [-0.05, 0) is 24.6 Å². The van der Waals surface area contributed by atoms with E-state index in [0.717, 1.165) is 0 Å². The predicted octanol–water partition coefficient (Wildman–Crippen LogP) is 1.82. The van der Waals surface area contributed by atoms with Crippen LogP contribution in [0.3, 0.4) is 0 Å². The standard InChI is InChI=1S/C11H23NO3Si/c1-11(2,3)16(4,5)15-8-6-9(10(13)14)12-7-8/h8-9,12H,6-7H2,1-5H3,(H,13,14). The zero-order valence-electron chi connectivity index (χ0n) is 10.8. The SMILES string of the molecule is CC(C)(C)[Si](C)(C)OC1CNC(C(=O)O)C1. The largest absolute Gasteiger partial charge is 0.480 e. The van der Waals surface area contributed by atoms with E-state index in [2.05, 4.69) is 39.2 Å². The van der Waals surface area contributed by atoms with Crippen molar-refractivity contribution in [3.8, 4) is 0 Å². The number of hydrogen-bond acceptors (Lipinski definition) is 3. The van der Waals surface area contributed by atoms with Gasteiger partial charge in [0.05, 0.1) is 6.10 Å². The summed E-state index contributed by atoms with van der Waals surface area (Å²) in [4.78, 5) is 10.8. The topological polar surface area (TPSA) is 58.6 Å². The minimum Gasteiger partial charge on any atom is -0.480 e. The molecule has 5 heteroatoms. The van der Waals surface area contributed by atoms with Gasteiger partial charge in [-0.15, -0.1) is 0 Å². The van der Waals surface area contributed by atoms with E-state index in [1.807, 2.05) is 0 Å². The summed E-state index contributed by atoms with van der Waals surface area (Å²) < 4.78 is 6.16. The zero-order valence-corrected chi connectivity index (χ0v) is 11.8. The highest BCUT2D eigenvalue weighted by atomic mass is 28.4. The molecule has 0 amide bonds. The molecule has 2 atom stereocenters. The summed E-state index contributed by atoms with van der Waals surface area (Å²) in [6, 6.07) is -0.435. The summed E-state index contributed by atoms with van der Waals surface area (Å²) in [7, 11) is -1.77. The Bertz CT molecular complexity index is 273. The molecule has 1 rings (SSSR count). The van der Waals surface area contributed by atoms with Crippen molar-refractivity contribution in [3.05, 3.63) is 0 Å². The maximum absolute atomic E-state index is 10.8. The predicted molar refractivity (Wildman–Crippen MR) is 66.1 cm³/mol. The first kappa shape index (κ1) is 13.7. The molecular weight excluding hydrogens is 222 g/mol. The lowest BCUT2D eigenvalue weighted by Crippen LogP contribution is -2.44. The van der Waals surface area contributed by atoms with Crippen LogP contribution in [0.4, 0.5) is 0 Å². The van der Waals surface area contributed by atoms with E-state index >= 15 is 0 Å². The number of carbonyl (C=O) groups is 1. The highest BCUT2D eigenvalue weighted by Crippen LogP contribution is 2.38. The molecule has 16 heavy (non-hydrogen) atoms. The fraction of sp³-hybridized carbons (Fsp3) is 0.909. The van der Waals surface area contributed by atoms with Crippen molar-refractivity contribution in [2.24, 2.45) is 0 Å². The lowest BCUT2D eigenvalue weighted by molar-refractivity contribution is -0.139. The van der Waals surface area contributed by atoms with Crippen LogP contribution in [0.2, 0.25) is 18.1 Å². The van der Waals surface area contributed by atoms with E-state index < -0.39 is 20.3 Å². The molecule has 1 fully saturated rings. The van der Waals surface area contributed by atoms with E-state index in [1.165, 1.54) is 0 Å². The fourth-order valence-corrected chi connectivity index (χ4v) is 2.94. The average molecular weight is 245 g/mol. The van der Waals surface area contributed by atoms with Gasteiger partial charge in [-0.3, -0.25) is 4.79 Å². The zero-order chi connectivity index (χ0) is 12.6. The van der Waals surface area contributed by atoms with Crippen LogP contribution in [-0.2, 0) is 9.22 Å². The molecule has 1 saturated heterocycles. The molecule has 0 aliphatic carbocycles. The first-order valence-corrected chi connectivity index (χ1v) is 8.68. The average Bonchev–Trinajstić information content (AvgIpc) is 2.49. The summed E-state index contributed by atoms with van der Waals surface area (Å²) >= 11 is 0. The Hall–Kier alpha value is -0.393. The summed E-state index contributed by atoms with van der Waals surface area (Å²) in [6.45, 7) is 11.6. The number of hydrogen-bond donors (Lipinski definition) is 2. The van der Waals surface area contributed by atoms with Crippen molar-refractivity contribution in [3.63, 3.8) is 0 Å². The van der Waals surface area contributed by atoms with Crippen LogP contribution in [-0.4, -0.2) is 38.1 Å². The summed E-state index contributed by atoms with van der Waals surface area (Å²) in [5.74, 6) is -0.777. The van der Waals surface area contributed by atoms with Crippen molar-refractivity contribution < 1.29 is 14.3 Å².